The second-order valence-corrected chi connectivity index (χ2v) is 7.42. The molecule has 1 aliphatic rings. The summed E-state index contributed by atoms with van der Waals surface area (Å²) < 4.78 is 25.7. The van der Waals surface area contributed by atoms with Crippen molar-refractivity contribution in [2.75, 3.05) is 27.2 Å². The lowest BCUT2D eigenvalue weighted by Gasteiger charge is -2.16. The molecular weight excluding hydrogens is 326 g/mol. The highest BCUT2D eigenvalue weighted by Crippen LogP contribution is 2.18. The van der Waals surface area contributed by atoms with E-state index in [0.29, 0.717) is 12.1 Å². The highest BCUT2D eigenvalue weighted by molar-refractivity contribution is 7.89. The second-order valence-electron chi connectivity index (χ2n) is 5.30. The maximum absolute atomic E-state index is 12.3. The smallest absolute Gasteiger partial charge is 0.242 e. The van der Waals surface area contributed by atoms with E-state index < -0.39 is 10.0 Å². The zero-order valence-electron chi connectivity index (χ0n) is 12.7. The molecule has 2 N–H and O–H groups in total. The van der Waals surface area contributed by atoms with Gasteiger partial charge in [-0.2, -0.15) is 0 Å². The number of carbonyl (C=O) groups excluding carboxylic acids is 1. The highest BCUT2D eigenvalue weighted by Gasteiger charge is 2.24. The predicted molar refractivity (Wildman–Crippen MR) is 87.4 cm³/mol. The molecule has 1 heterocycles. The van der Waals surface area contributed by atoms with Crippen LogP contribution in [0.4, 0.5) is 0 Å². The number of hydrogen-bond acceptors (Lipinski definition) is 4. The standard InChI is InChI=1S/C14H21N3O3S.ClH/c1-17(2)21(19,20)13-6-4-3-5-11(13)10-16-14(18)12-7-8-15-9-12;/h3-6,12,15H,7-10H2,1-2H3,(H,16,18);1H. The topological polar surface area (TPSA) is 78.5 Å². The lowest BCUT2D eigenvalue weighted by atomic mass is 10.1. The van der Waals surface area contributed by atoms with Gasteiger partial charge in [-0.05, 0) is 24.6 Å². The minimum absolute atomic E-state index is 0. The van der Waals surface area contributed by atoms with E-state index in [1.165, 1.54) is 18.4 Å². The average molecular weight is 348 g/mol. The van der Waals surface area contributed by atoms with Crippen molar-refractivity contribution in [3.63, 3.8) is 0 Å². The van der Waals surface area contributed by atoms with Crippen LogP contribution in [0.5, 0.6) is 0 Å². The quantitative estimate of drug-likeness (QED) is 0.817. The minimum atomic E-state index is -3.50. The highest BCUT2D eigenvalue weighted by atomic mass is 35.5. The number of nitrogens with zero attached hydrogens (tertiary/aromatic N) is 1. The summed E-state index contributed by atoms with van der Waals surface area (Å²) >= 11 is 0. The third-order valence-electron chi connectivity index (χ3n) is 3.62. The van der Waals surface area contributed by atoms with Crippen LogP contribution in [0.1, 0.15) is 12.0 Å². The summed E-state index contributed by atoms with van der Waals surface area (Å²) in [5.41, 5.74) is 0.602. The van der Waals surface area contributed by atoms with Gasteiger partial charge in [0.1, 0.15) is 0 Å². The molecule has 1 fully saturated rings. The SMILES string of the molecule is CN(C)S(=O)(=O)c1ccccc1CNC(=O)C1CCNC1.Cl. The van der Waals surface area contributed by atoms with Gasteiger partial charge >= 0.3 is 0 Å². The monoisotopic (exact) mass is 347 g/mol. The van der Waals surface area contributed by atoms with Crippen molar-refractivity contribution in [3.8, 4) is 0 Å². The largest absolute Gasteiger partial charge is 0.352 e. The number of carbonyl (C=O) groups is 1. The van der Waals surface area contributed by atoms with Crippen LogP contribution in [0.2, 0.25) is 0 Å². The number of hydrogen-bond donors (Lipinski definition) is 2. The molecule has 1 amide bonds. The van der Waals surface area contributed by atoms with Gasteiger partial charge in [-0.25, -0.2) is 12.7 Å². The molecule has 1 unspecified atom stereocenters. The van der Waals surface area contributed by atoms with E-state index >= 15 is 0 Å². The molecule has 6 nitrogen and oxygen atoms in total. The molecule has 0 bridgehead atoms. The van der Waals surface area contributed by atoms with Crippen LogP contribution in [0.15, 0.2) is 29.2 Å². The summed E-state index contributed by atoms with van der Waals surface area (Å²) in [4.78, 5) is 12.2. The van der Waals surface area contributed by atoms with E-state index in [-0.39, 0.29) is 35.7 Å². The van der Waals surface area contributed by atoms with Crippen LogP contribution in [-0.4, -0.2) is 45.8 Å². The molecule has 1 saturated heterocycles. The summed E-state index contributed by atoms with van der Waals surface area (Å²) in [7, 11) is -0.515. The summed E-state index contributed by atoms with van der Waals surface area (Å²) in [5.74, 6) is -0.0559. The van der Waals surface area contributed by atoms with Gasteiger partial charge in [-0.15, -0.1) is 12.4 Å². The van der Waals surface area contributed by atoms with Crippen molar-refractivity contribution in [2.24, 2.45) is 5.92 Å². The Balaban J connectivity index is 0.00000242. The Bertz CT molecular complexity index is 614. The van der Waals surface area contributed by atoms with Gasteiger partial charge in [-0.3, -0.25) is 4.79 Å². The Morgan fingerprint density at radius 1 is 1.36 bits per heavy atom. The zero-order valence-corrected chi connectivity index (χ0v) is 14.3. The molecule has 2 rings (SSSR count). The van der Waals surface area contributed by atoms with Gasteiger partial charge in [0.15, 0.2) is 0 Å². The van der Waals surface area contributed by atoms with Gasteiger partial charge in [-0.1, -0.05) is 18.2 Å². The van der Waals surface area contributed by atoms with Crippen LogP contribution in [0.25, 0.3) is 0 Å². The predicted octanol–water partition coefficient (Wildman–Crippen LogP) is 0.584. The molecule has 22 heavy (non-hydrogen) atoms. The van der Waals surface area contributed by atoms with Crippen molar-refractivity contribution >= 4 is 28.3 Å². The fourth-order valence-electron chi connectivity index (χ4n) is 2.30. The minimum Gasteiger partial charge on any atom is -0.352 e. The van der Waals surface area contributed by atoms with Gasteiger partial charge < -0.3 is 10.6 Å². The maximum Gasteiger partial charge on any atom is 0.242 e. The van der Waals surface area contributed by atoms with E-state index in [1.807, 2.05) is 0 Å². The molecule has 0 aromatic heterocycles. The van der Waals surface area contributed by atoms with E-state index in [0.717, 1.165) is 13.0 Å². The third kappa shape index (κ3) is 4.19. The van der Waals surface area contributed by atoms with E-state index in [1.54, 1.807) is 24.3 Å². The Hall–Kier alpha value is -1.15. The number of benzene rings is 1. The van der Waals surface area contributed by atoms with Crippen molar-refractivity contribution < 1.29 is 13.2 Å². The number of nitrogens with one attached hydrogen (secondary N) is 2. The molecular formula is C14H22ClN3O3S. The molecule has 1 aromatic rings. The summed E-state index contributed by atoms with van der Waals surface area (Å²) in [5, 5.41) is 5.97. The first-order valence-electron chi connectivity index (χ1n) is 6.92. The van der Waals surface area contributed by atoms with Crippen LogP contribution in [-0.2, 0) is 21.4 Å². The summed E-state index contributed by atoms with van der Waals surface area (Å²) in [6.07, 6.45) is 0.823. The third-order valence-corrected chi connectivity index (χ3v) is 5.53. The molecule has 1 aromatic carbocycles. The summed E-state index contributed by atoms with van der Waals surface area (Å²) in [6, 6.07) is 6.74. The Kier molecular flexibility index (Phi) is 6.80. The fraction of sp³-hybridized carbons (Fsp3) is 0.500. The lowest BCUT2D eigenvalue weighted by molar-refractivity contribution is -0.124. The lowest BCUT2D eigenvalue weighted by Crippen LogP contribution is -2.32. The van der Waals surface area contributed by atoms with Crippen molar-refractivity contribution in [1.82, 2.24) is 14.9 Å². The van der Waals surface area contributed by atoms with E-state index in [2.05, 4.69) is 10.6 Å². The van der Waals surface area contributed by atoms with Gasteiger partial charge in [0.2, 0.25) is 15.9 Å². The van der Waals surface area contributed by atoms with Crippen LogP contribution >= 0.6 is 12.4 Å². The molecule has 8 heteroatoms. The Morgan fingerprint density at radius 3 is 2.64 bits per heavy atom. The number of amides is 1. The zero-order chi connectivity index (χ0) is 15.5. The molecule has 0 spiro atoms. The first kappa shape index (κ1) is 18.9. The first-order valence-corrected chi connectivity index (χ1v) is 8.36. The Labute approximate surface area is 137 Å². The molecule has 1 aliphatic heterocycles. The molecule has 0 radical (unpaired) electrons. The average Bonchev–Trinajstić information content (AvgIpc) is 2.99. The second kappa shape index (κ2) is 7.92. The maximum atomic E-state index is 12.3. The van der Waals surface area contributed by atoms with Crippen molar-refractivity contribution in [3.05, 3.63) is 29.8 Å². The normalized spacial score (nSPS) is 18.0. The molecule has 0 saturated carbocycles. The fourth-order valence-corrected chi connectivity index (χ4v) is 3.42. The van der Waals surface area contributed by atoms with Crippen LogP contribution in [0, 0.1) is 5.92 Å². The van der Waals surface area contributed by atoms with Crippen molar-refractivity contribution in [2.45, 2.75) is 17.9 Å². The van der Waals surface area contributed by atoms with E-state index in [9.17, 15) is 13.2 Å². The number of rotatable bonds is 5. The molecule has 0 aliphatic carbocycles. The van der Waals surface area contributed by atoms with Gasteiger partial charge in [0.05, 0.1) is 10.8 Å². The summed E-state index contributed by atoms with van der Waals surface area (Å²) in [6.45, 7) is 1.76. The number of halogens is 1. The van der Waals surface area contributed by atoms with Gasteiger partial charge in [0.25, 0.3) is 0 Å². The van der Waals surface area contributed by atoms with Gasteiger partial charge in [0, 0.05) is 27.2 Å². The molecule has 1 atom stereocenters. The van der Waals surface area contributed by atoms with Crippen molar-refractivity contribution in [1.29, 1.82) is 0 Å². The van der Waals surface area contributed by atoms with Crippen LogP contribution in [0.3, 0.4) is 0 Å². The molecule has 124 valence electrons. The number of sulfonamides is 1. The first-order chi connectivity index (χ1) is 9.93. The van der Waals surface area contributed by atoms with E-state index in [4.69, 9.17) is 0 Å². The van der Waals surface area contributed by atoms with Crippen LogP contribution < -0.4 is 10.6 Å². The Morgan fingerprint density at radius 2 is 2.05 bits per heavy atom.